The Labute approximate surface area is 93.5 Å². The number of aromatic nitrogens is 4. The van der Waals surface area contributed by atoms with E-state index >= 15 is 0 Å². The lowest BCUT2D eigenvalue weighted by Gasteiger charge is -2.04. The molecule has 6 nitrogen and oxygen atoms in total. The fraction of sp³-hybridized carbons (Fsp3) is 0.300. The van der Waals surface area contributed by atoms with Gasteiger partial charge in [-0.25, -0.2) is 15.5 Å². The van der Waals surface area contributed by atoms with E-state index in [1.165, 1.54) is 0 Å². The molecule has 0 fully saturated rings. The van der Waals surface area contributed by atoms with Crippen LogP contribution in [0.1, 0.15) is 17.0 Å². The lowest BCUT2D eigenvalue weighted by Crippen LogP contribution is -2.11. The Bertz CT molecular complexity index is 516. The van der Waals surface area contributed by atoms with Gasteiger partial charge in [-0.3, -0.25) is 4.98 Å². The molecule has 0 bridgehead atoms. The van der Waals surface area contributed by atoms with Gasteiger partial charge in [0.15, 0.2) is 11.6 Å². The number of nitrogens with zero attached hydrogens (tertiary/aromatic N) is 4. The highest BCUT2D eigenvalue weighted by molar-refractivity contribution is 5.36. The Morgan fingerprint density at radius 2 is 2.00 bits per heavy atom. The van der Waals surface area contributed by atoms with Crippen LogP contribution >= 0.6 is 0 Å². The number of rotatable bonds is 2. The summed E-state index contributed by atoms with van der Waals surface area (Å²) < 4.78 is 1.76. The monoisotopic (exact) mass is 218 g/mol. The molecule has 2 heterocycles. The van der Waals surface area contributed by atoms with E-state index in [2.05, 4.69) is 20.5 Å². The first-order valence-electron chi connectivity index (χ1n) is 4.95. The molecule has 0 aliphatic rings. The SMILES string of the molecule is Cc1nn(-c2cncc(NN)n2)c(C)c1C. The summed E-state index contributed by atoms with van der Waals surface area (Å²) in [5.41, 5.74) is 5.67. The second kappa shape index (κ2) is 3.90. The predicted molar refractivity (Wildman–Crippen MR) is 61.2 cm³/mol. The molecule has 6 heteroatoms. The molecule has 16 heavy (non-hydrogen) atoms. The minimum absolute atomic E-state index is 0.516. The van der Waals surface area contributed by atoms with Gasteiger partial charge in [0.2, 0.25) is 0 Å². The van der Waals surface area contributed by atoms with Gasteiger partial charge in [0.05, 0.1) is 18.1 Å². The minimum atomic E-state index is 0.516. The molecule has 0 amide bonds. The van der Waals surface area contributed by atoms with Crippen LogP contribution in [-0.2, 0) is 0 Å². The molecule has 0 saturated heterocycles. The molecule has 0 aromatic carbocycles. The third-order valence-corrected chi connectivity index (χ3v) is 2.64. The Balaban J connectivity index is 2.54. The van der Waals surface area contributed by atoms with E-state index in [1.807, 2.05) is 20.8 Å². The van der Waals surface area contributed by atoms with Crippen LogP contribution in [-0.4, -0.2) is 19.7 Å². The molecule has 84 valence electrons. The zero-order valence-corrected chi connectivity index (χ0v) is 9.52. The summed E-state index contributed by atoms with van der Waals surface area (Å²) in [6, 6.07) is 0. The van der Waals surface area contributed by atoms with Gasteiger partial charge in [-0.15, -0.1) is 0 Å². The number of nitrogens with one attached hydrogen (secondary N) is 1. The third kappa shape index (κ3) is 1.63. The lowest BCUT2D eigenvalue weighted by atomic mass is 10.2. The first-order valence-corrected chi connectivity index (χ1v) is 4.95. The molecule has 0 radical (unpaired) electrons. The van der Waals surface area contributed by atoms with Crippen molar-refractivity contribution in [2.75, 3.05) is 5.43 Å². The fourth-order valence-corrected chi connectivity index (χ4v) is 1.47. The van der Waals surface area contributed by atoms with E-state index in [9.17, 15) is 0 Å². The van der Waals surface area contributed by atoms with Crippen molar-refractivity contribution in [3.05, 3.63) is 29.3 Å². The quantitative estimate of drug-likeness (QED) is 0.577. The molecule has 0 atom stereocenters. The van der Waals surface area contributed by atoms with E-state index in [1.54, 1.807) is 17.1 Å². The second-order valence-corrected chi connectivity index (χ2v) is 3.61. The average molecular weight is 218 g/mol. The molecule has 0 aliphatic heterocycles. The molecule has 2 aromatic heterocycles. The van der Waals surface area contributed by atoms with Crippen LogP contribution in [0.15, 0.2) is 12.4 Å². The fourth-order valence-electron chi connectivity index (χ4n) is 1.47. The number of hydrogen-bond donors (Lipinski definition) is 2. The van der Waals surface area contributed by atoms with Crippen molar-refractivity contribution in [3.63, 3.8) is 0 Å². The molecular weight excluding hydrogens is 204 g/mol. The Morgan fingerprint density at radius 3 is 2.56 bits per heavy atom. The summed E-state index contributed by atoms with van der Waals surface area (Å²) in [7, 11) is 0. The van der Waals surface area contributed by atoms with E-state index in [0.717, 1.165) is 17.0 Å². The Hall–Kier alpha value is -1.95. The van der Waals surface area contributed by atoms with Crippen molar-refractivity contribution in [3.8, 4) is 5.82 Å². The van der Waals surface area contributed by atoms with Gasteiger partial charge in [-0.1, -0.05) is 0 Å². The largest absolute Gasteiger partial charge is 0.307 e. The summed E-state index contributed by atoms with van der Waals surface area (Å²) in [5, 5.41) is 4.40. The molecule has 2 aromatic rings. The molecule has 0 saturated carbocycles. The summed E-state index contributed by atoms with van der Waals surface area (Å²) in [6.07, 6.45) is 3.21. The van der Waals surface area contributed by atoms with Crippen LogP contribution in [0.5, 0.6) is 0 Å². The number of hydrazine groups is 1. The molecule has 0 spiro atoms. The van der Waals surface area contributed by atoms with Crippen LogP contribution in [0.2, 0.25) is 0 Å². The molecular formula is C10H14N6. The average Bonchev–Trinajstić information content (AvgIpc) is 2.57. The van der Waals surface area contributed by atoms with Crippen molar-refractivity contribution < 1.29 is 0 Å². The summed E-state index contributed by atoms with van der Waals surface area (Å²) in [4.78, 5) is 8.32. The lowest BCUT2D eigenvalue weighted by molar-refractivity contribution is 0.799. The highest BCUT2D eigenvalue weighted by Gasteiger charge is 2.10. The van der Waals surface area contributed by atoms with Gasteiger partial charge in [-0.2, -0.15) is 5.10 Å². The normalized spacial score (nSPS) is 10.5. The van der Waals surface area contributed by atoms with E-state index in [0.29, 0.717) is 11.6 Å². The summed E-state index contributed by atoms with van der Waals surface area (Å²) in [5.74, 6) is 6.46. The number of hydrogen-bond acceptors (Lipinski definition) is 5. The van der Waals surface area contributed by atoms with Gasteiger partial charge in [0, 0.05) is 5.69 Å². The first kappa shape index (κ1) is 10.6. The van der Waals surface area contributed by atoms with E-state index in [-0.39, 0.29) is 0 Å². The standard InChI is InChI=1S/C10H14N6/c1-6-7(2)15-16(8(6)3)10-5-12-4-9(13-10)14-11/h4-5H,11H2,1-3H3,(H,13,14). The minimum Gasteiger partial charge on any atom is -0.307 e. The van der Waals surface area contributed by atoms with Gasteiger partial charge < -0.3 is 5.43 Å². The maximum absolute atomic E-state index is 5.29. The molecule has 3 N–H and O–H groups in total. The van der Waals surface area contributed by atoms with E-state index < -0.39 is 0 Å². The first-order chi connectivity index (χ1) is 7.63. The van der Waals surface area contributed by atoms with Crippen LogP contribution in [0.25, 0.3) is 5.82 Å². The van der Waals surface area contributed by atoms with Crippen molar-refractivity contribution in [2.24, 2.45) is 5.84 Å². The zero-order chi connectivity index (χ0) is 11.7. The van der Waals surface area contributed by atoms with Crippen molar-refractivity contribution in [1.29, 1.82) is 0 Å². The number of nitrogens with two attached hydrogens (primary N) is 1. The maximum atomic E-state index is 5.29. The van der Waals surface area contributed by atoms with Gasteiger partial charge in [0.1, 0.15) is 0 Å². The molecule has 2 rings (SSSR count). The zero-order valence-electron chi connectivity index (χ0n) is 9.52. The third-order valence-electron chi connectivity index (χ3n) is 2.64. The molecule has 0 unspecified atom stereocenters. The van der Waals surface area contributed by atoms with Crippen LogP contribution < -0.4 is 11.3 Å². The van der Waals surface area contributed by atoms with Crippen LogP contribution in [0.3, 0.4) is 0 Å². The summed E-state index contributed by atoms with van der Waals surface area (Å²) >= 11 is 0. The van der Waals surface area contributed by atoms with Crippen molar-refractivity contribution >= 4 is 5.82 Å². The topological polar surface area (TPSA) is 81.7 Å². The summed E-state index contributed by atoms with van der Waals surface area (Å²) in [6.45, 7) is 6.00. The predicted octanol–water partition coefficient (Wildman–Crippen LogP) is 0.873. The van der Waals surface area contributed by atoms with E-state index in [4.69, 9.17) is 5.84 Å². The Kier molecular flexibility index (Phi) is 2.57. The van der Waals surface area contributed by atoms with Gasteiger partial charge >= 0.3 is 0 Å². The smallest absolute Gasteiger partial charge is 0.174 e. The highest BCUT2D eigenvalue weighted by atomic mass is 15.3. The highest BCUT2D eigenvalue weighted by Crippen LogP contribution is 2.15. The van der Waals surface area contributed by atoms with Gasteiger partial charge in [0.25, 0.3) is 0 Å². The number of aryl methyl sites for hydroxylation is 1. The Morgan fingerprint density at radius 1 is 1.25 bits per heavy atom. The number of nitrogen functional groups attached to an aromatic ring is 1. The maximum Gasteiger partial charge on any atom is 0.174 e. The van der Waals surface area contributed by atoms with Crippen molar-refractivity contribution in [2.45, 2.75) is 20.8 Å². The van der Waals surface area contributed by atoms with Crippen molar-refractivity contribution in [1.82, 2.24) is 19.7 Å². The number of anilines is 1. The van der Waals surface area contributed by atoms with Gasteiger partial charge in [-0.05, 0) is 26.3 Å². The second-order valence-electron chi connectivity index (χ2n) is 3.61. The molecule has 0 aliphatic carbocycles. The van der Waals surface area contributed by atoms with Crippen LogP contribution in [0, 0.1) is 20.8 Å². The van der Waals surface area contributed by atoms with Crippen LogP contribution in [0.4, 0.5) is 5.82 Å².